The Kier molecular flexibility index (Phi) is 7.04. The molecule has 0 saturated heterocycles. The lowest BCUT2D eigenvalue weighted by Gasteiger charge is -2.19. The maximum absolute atomic E-state index is 9.72. The van der Waals surface area contributed by atoms with E-state index in [2.05, 4.69) is 30.1 Å². The van der Waals surface area contributed by atoms with Crippen LogP contribution in [0.3, 0.4) is 0 Å². The molecule has 0 radical (unpaired) electrons. The Balaban J connectivity index is 1.71. The number of ether oxygens (including phenoxy) is 3. The zero-order chi connectivity index (χ0) is 23.2. The first-order chi connectivity index (χ1) is 16.1. The largest absolute Gasteiger partial charge is 0.497 e. The van der Waals surface area contributed by atoms with E-state index in [0.717, 1.165) is 32.7 Å². The molecule has 0 aliphatic heterocycles. The van der Waals surface area contributed by atoms with E-state index in [-0.39, 0.29) is 6.10 Å². The lowest BCUT2D eigenvalue weighted by molar-refractivity contribution is 0.0687. The molecule has 4 aromatic rings. The Morgan fingerprint density at radius 1 is 0.970 bits per heavy atom. The molecule has 166 valence electrons. The maximum atomic E-state index is 9.72. The summed E-state index contributed by atoms with van der Waals surface area (Å²) in [4.78, 5) is 5.24. The second-order valence-corrected chi connectivity index (χ2v) is 8.47. The van der Waals surface area contributed by atoms with Gasteiger partial charge in [-0.15, -0.1) is 11.3 Å². The molecule has 0 N–H and O–H groups in total. The van der Waals surface area contributed by atoms with Gasteiger partial charge in [0.1, 0.15) is 17.6 Å². The highest BCUT2D eigenvalue weighted by Gasteiger charge is 2.20. The predicted molar refractivity (Wildman–Crippen MR) is 130 cm³/mol. The standard InChI is InChI=1S/C27H24N2O3S/c1-18-6-4-5-7-24(18)25-12-20(8-9-21(25)14-28)27(26-15-29-17-33-26)32-16-19-10-22(30-2)13-23(11-19)31-3/h4-13,15,17,27H,16H2,1-3H3. The van der Waals surface area contributed by atoms with E-state index < -0.39 is 0 Å². The van der Waals surface area contributed by atoms with Gasteiger partial charge in [0.15, 0.2) is 0 Å². The van der Waals surface area contributed by atoms with Crippen LogP contribution in [-0.4, -0.2) is 19.2 Å². The molecule has 5 nitrogen and oxygen atoms in total. The number of nitrogens with zero attached hydrogens (tertiary/aromatic N) is 2. The van der Waals surface area contributed by atoms with Crippen molar-refractivity contribution in [3.63, 3.8) is 0 Å². The van der Waals surface area contributed by atoms with Gasteiger partial charge in [-0.2, -0.15) is 5.26 Å². The molecule has 0 aliphatic carbocycles. The molecule has 1 heterocycles. The normalized spacial score (nSPS) is 11.6. The highest BCUT2D eigenvalue weighted by Crippen LogP contribution is 2.35. The van der Waals surface area contributed by atoms with Crippen molar-refractivity contribution < 1.29 is 14.2 Å². The minimum Gasteiger partial charge on any atom is -0.497 e. The number of aromatic nitrogens is 1. The predicted octanol–water partition coefficient (Wildman–Crippen LogP) is 6.31. The number of hydrogen-bond acceptors (Lipinski definition) is 6. The van der Waals surface area contributed by atoms with Gasteiger partial charge in [-0.3, -0.25) is 4.98 Å². The minimum absolute atomic E-state index is 0.329. The molecule has 6 heteroatoms. The Morgan fingerprint density at radius 2 is 1.73 bits per heavy atom. The summed E-state index contributed by atoms with van der Waals surface area (Å²) in [7, 11) is 3.26. The zero-order valence-corrected chi connectivity index (χ0v) is 19.6. The van der Waals surface area contributed by atoms with Crippen LogP contribution >= 0.6 is 11.3 Å². The molecule has 0 aliphatic rings. The SMILES string of the molecule is COc1cc(COC(c2ccc(C#N)c(-c3ccccc3C)c2)c2cncs2)cc(OC)c1. The highest BCUT2D eigenvalue weighted by atomic mass is 32.1. The van der Waals surface area contributed by atoms with E-state index in [1.807, 2.05) is 54.7 Å². The van der Waals surface area contributed by atoms with Gasteiger partial charge in [0.25, 0.3) is 0 Å². The first kappa shape index (κ1) is 22.5. The molecule has 1 aromatic heterocycles. The molecule has 1 atom stereocenters. The van der Waals surface area contributed by atoms with Crippen molar-refractivity contribution in [2.75, 3.05) is 14.2 Å². The van der Waals surface area contributed by atoms with Gasteiger partial charge < -0.3 is 14.2 Å². The van der Waals surface area contributed by atoms with Crippen LogP contribution in [0.1, 0.15) is 33.2 Å². The number of thiazole rings is 1. The molecule has 3 aromatic carbocycles. The molecule has 0 bridgehead atoms. The molecule has 33 heavy (non-hydrogen) atoms. The van der Waals surface area contributed by atoms with Crippen LogP contribution in [0.4, 0.5) is 0 Å². The van der Waals surface area contributed by atoms with Gasteiger partial charge in [-0.1, -0.05) is 30.3 Å². The summed E-state index contributed by atoms with van der Waals surface area (Å²) in [6.45, 7) is 2.41. The van der Waals surface area contributed by atoms with Crippen LogP contribution < -0.4 is 9.47 Å². The number of methoxy groups -OCH3 is 2. The zero-order valence-electron chi connectivity index (χ0n) is 18.7. The summed E-state index contributed by atoms with van der Waals surface area (Å²) in [5.74, 6) is 1.42. The molecule has 0 saturated carbocycles. The van der Waals surface area contributed by atoms with Gasteiger partial charge in [0.2, 0.25) is 0 Å². The van der Waals surface area contributed by atoms with Crippen molar-refractivity contribution in [1.82, 2.24) is 4.98 Å². The van der Waals surface area contributed by atoms with E-state index >= 15 is 0 Å². The number of hydrogen-bond donors (Lipinski definition) is 0. The maximum Gasteiger partial charge on any atom is 0.122 e. The Hall–Kier alpha value is -3.66. The van der Waals surface area contributed by atoms with Crippen LogP contribution in [0.5, 0.6) is 11.5 Å². The van der Waals surface area contributed by atoms with E-state index in [1.165, 1.54) is 0 Å². The Bertz CT molecular complexity index is 1260. The average molecular weight is 457 g/mol. The summed E-state index contributed by atoms with van der Waals surface area (Å²) < 4.78 is 17.2. The summed E-state index contributed by atoms with van der Waals surface area (Å²) in [5.41, 5.74) is 7.38. The third-order valence-corrected chi connectivity index (χ3v) is 6.26. The molecule has 4 rings (SSSR count). The fourth-order valence-electron chi connectivity index (χ4n) is 3.75. The van der Waals surface area contributed by atoms with E-state index in [1.54, 1.807) is 31.1 Å². The molecular weight excluding hydrogens is 432 g/mol. The van der Waals surface area contributed by atoms with Crippen molar-refractivity contribution in [3.8, 4) is 28.7 Å². The summed E-state index contributed by atoms with van der Waals surface area (Å²) in [6.07, 6.45) is 1.50. The lowest BCUT2D eigenvalue weighted by atomic mass is 9.93. The van der Waals surface area contributed by atoms with Gasteiger partial charge in [0.05, 0.1) is 42.8 Å². The minimum atomic E-state index is -0.329. The lowest BCUT2D eigenvalue weighted by Crippen LogP contribution is -2.06. The van der Waals surface area contributed by atoms with E-state index in [0.29, 0.717) is 23.7 Å². The second-order valence-electron chi connectivity index (χ2n) is 7.55. The van der Waals surface area contributed by atoms with Crippen molar-refractivity contribution >= 4 is 11.3 Å². The number of nitriles is 1. The first-order valence-electron chi connectivity index (χ1n) is 10.4. The fraction of sp³-hybridized carbons (Fsp3) is 0.185. The molecule has 0 fully saturated rings. The quantitative estimate of drug-likeness (QED) is 0.311. The van der Waals surface area contributed by atoms with Gasteiger partial charge in [-0.05, 0) is 53.4 Å². The fourth-order valence-corrected chi connectivity index (χ4v) is 4.44. The van der Waals surface area contributed by atoms with Crippen LogP contribution in [0.25, 0.3) is 11.1 Å². The third kappa shape index (κ3) is 5.06. The van der Waals surface area contributed by atoms with Crippen LogP contribution in [0, 0.1) is 18.3 Å². The first-order valence-corrected chi connectivity index (χ1v) is 11.3. The van der Waals surface area contributed by atoms with Crippen LogP contribution in [0.2, 0.25) is 0 Å². The number of rotatable bonds is 8. The smallest absolute Gasteiger partial charge is 0.122 e. The van der Waals surface area contributed by atoms with Crippen molar-refractivity contribution in [1.29, 1.82) is 5.26 Å². The molecular formula is C27H24N2O3S. The van der Waals surface area contributed by atoms with Gasteiger partial charge >= 0.3 is 0 Å². The average Bonchev–Trinajstić information content (AvgIpc) is 3.39. The van der Waals surface area contributed by atoms with Gasteiger partial charge in [0, 0.05) is 17.8 Å². The number of aryl methyl sites for hydroxylation is 1. The van der Waals surface area contributed by atoms with Gasteiger partial charge in [-0.25, -0.2) is 0 Å². The highest BCUT2D eigenvalue weighted by molar-refractivity contribution is 7.09. The summed E-state index contributed by atoms with van der Waals surface area (Å²) in [6, 6.07) is 22.0. The van der Waals surface area contributed by atoms with Crippen LogP contribution in [-0.2, 0) is 11.3 Å². The van der Waals surface area contributed by atoms with E-state index in [4.69, 9.17) is 14.2 Å². The monoisotopic (exact) mass is 456 g/mol. The number of benzene rings is 3. The van der Waals surface area contributed by atoms with Crippen molar-refractivity contribution in [3.05, 3.63) is 99.5 Å². The Labute approximate surface area is 197 Å². The molecule has 1 unspecified atom stereocenters. The van der Waals surface area contributed by atoms with E-state index in [9.17, 15) is 5.26 Å². The second kappa shape index (κ2) is 10.3. The third-order valence-electron chi connectivity index (χ3n) is 5.44. The van der Waals surface area contributed by atoms with Crippen molar-refractivity contribution in [2.24, 2.45) is 0 Å². The summed E-state index contributed by atoms with van der Waals surface area (Å²) in [5, 5.41) is 9.72. The summed E-state index contributed by atoms with van der Waals surface area (Å²) >= 11 is 1.54. The molecule has 0 amide bonds. The van der Waals surface area contributed by atoms with Crippen molar-refractivity contribution in [2.45, 2.75) is 19.6 Å². The topological polar surface area (TPSA) is 64.4 Å². The Morgan fingerprint density at radius 3 is 2.36 bits per heavy atom. The van der Waals surface area contributed by atoms with Crippen LogP contribution in [0.15, 0.2) is 72.4 Å². The molecule has 0 spiro atoms.